The van der Waals surface area contributed by atoms with Crippen LogP contribution >= 0.6 is 0 Å². The molecule has 1 amide bonds. The summed E-state index contributed by atoms with van der Waals surface area (Å²) in [5.41, 5.74) is 0.530. The van der Waals surface area contributed by atoms with Crippen LogP contribution in [0, 0.1) is 5.92 Å². The van der Waals surface area contributed by atoms with E-state index in [9.17, 15) is 9.59 Å². The van der Waals surface area contributed by atoms with Crippen LogP contribution in [0.3, 0.4) is 0 Å². The Morgan fingerprint density at radius 3 is 2.80 bits per heavy atom. The van der Waals surface area contributed by atoms with E-state index < -0.39 is 0 Å². The molecule has 0 atom stereocenters. The molecular weight excluding hydrogens is 314 g/mol. The standard InChI is InChI=1S/C20H27N3O2/c1-14-10-12-20(2,13-11-14)23-18(24)9-5-8-17-21-16-7-4-3-6-15(16)19(25)22-17/h3-4,6-7,14H,5,8-13H2,1-2H3,(H,23,24)(H,21,22,25). The Kier molecular flexibility index (Phi) is 5.21. The second-order valence-corrected chi connectivity index (χ2v) is 7.67. The Morgan fingerprint density at radius 1 is 1.32 bits per heavy atom. The maximum Gasteiger partial charge on any atom is 0.258 e. The number of aromatic amines is 1. The molecule has 1 heterocycles. The van der Waals surface area contributed by atoms with E-state index in [-0.39, 0.29) is 17.0 Å². The highest BCUT2D eigenvalue weighted by Crippen LogP contribution is 2.31. The van der Waals surface area contributed by atoms with Crippen molar-refractivity contribution in [1.82, 2.24) is 15.3 Å². The van der Waals surface area contributed by atoms with Gasteiger partial charge in [-0.3, -0.25) is 9.59 Å². The van der Waals surface area contributed by atoms with Gasteiger partial charge in [-0.05, 0) is 57.1 Å². The summed E-state index contributed by atoms with van der Waals surface area (Å²) in [6, 6.07) is 7.31. The average molecular weight is 341 g/mol. The number of nitrogens with zero attached hydrogens (tertiary/aromatic N) is 1. The van der Waals surface area contributed by atoms with Crippen molar-refractivity contribution in [3.8, 4) is 0 Å². The molecule has 134 valence electrons. The van der Waals surface area contributed by atoms with Crippen molar-refractivity contribution in [3.63, 3.8) is 0 Å². The minimum Gasteiger partial charge on any atom is -0.351 e. The van der Waals surface area contributed by atoms with Crippen LogP contribution in [0.15, 0.2) is 29.1 Å². The van der Waals surface area contributed by atoms with Crippen LogP contribution < -0.4 is 10.9 Å². The lowest BCUT2D eigenvalue weighted by molar-refractivity contribution is -0.123. The zero-order valence-corrected chi connectivity index (χ0v) is 15.1. The number of fused-ring (bicyclic) bond motifs is 1. The van der Waals surface area contributed by atoms with Crippen molar-refractivity contribution >= 4 is 16.8 Å². The molecule has 0 aliphatic heterocycles. The average Bonchev–Trinajstić information content (AvgIpc) is 2.58. The number of carbonyl (C=O) groups is 1. The SMILES string of the molecule is CC1CCC(C)(NC(=O)CCCc2nc3ccccc3c(=O)[nH]2)CC1. The van der Waals surface area contributed by atoms with E-state index in [1.807, 2.05) is 18.2 Å². The Morgan fingerprint density at radius 2 is 2.04 bits per heavy atom. The first-order valence-electron chi connectivity index (χ1n) is 9.24. The van der Waals surface area contributed by atoms with Crippen molar-refractivity contribution in [3.05, 3.63) is 40.4 Å². The molecule has 2 N–H and O–H groups in total. The van der Waals surface area contributed by atoms with Gasteiger partial charge >= 0.3 is 0 Å². The zero-order chi connectivity index (χ0) is 17.9. The van der Waals surface area contributed by atoms with Crippen molar-refractivity contribution in [2.45, 2.75) is 64.3 Å². The molecule has 5 heteroatoms. The summed E-state index contributed by atoms with van der Waals surface area (Å²) in [7, 11) is 0. The summed E-state index contributed by atoms with van der Waals surface area (Å²) in [5.74, 6) is 1.51. The summed E-state index contributed by atoms with van der Waals surface area (Å²) in [4.78, 5) is 31.6. The van der Waals surface area contributed by atoms with E-state index >= 15 is 0 Å². The molecule has 0 radical (unpaired) electrons. The number of amides is 1. The minimum atomic E-state index is -0.117. The van der Waals surface area contributed by atoms with Gasteiger partial charge in [0.15, 0.2) is 0 Å². The Balaban J connectivity index is 1.52. The van der Waals surface area contributed by atoms with Gasteiger partial charge in [0, 0.05) is 18.4 Å². The summed E-state index contributed by atoms with van der Waals surface area (Å²) in [6.45, 7) is 4.43. The lowest BCUT2D eigenvalue weighted by atomic mass is 9.78. The van der Waals surface area contributed by atoms with Gasteiger partial charge in [-0.25, -0.2) is 4.98 Å². The predicted molar refractivity (Wildman–Crippen MR) is 99.5 cm³/mol. The molecule has 1 aromatic heterocycles. The van der Waals surface area contributed by atoms with Gasteiger partial charge in [0.25, 0.3) is 5.56 Å². The van der Waals surface area contributed by atoms with Crippen molar-refractivity contribution < 1.29 is 4.79 Å². The first kappa shape index (κ1) is 17.6. The Hall–Kier alpha value is -2.17. The highest BCUT2D eigenvalue weighted by Gasteiger charge is 2.30. The number of hydrogen-bond donors (Lipinski definition) is 2. The third kappa shape index (κ3) is 4.47. The molecule has 0 unspecified atom stereocenters. The molecule has 1 saturated carbocycles. The molecule has 1 aliphatic rings. The lowest BCUT2D eigenvalue weighted by Gasteiger charge is -2.37. The highest BCUT2D eigenvalue weighted by atomic mass is 16.1. The van der Waals surface area contributed by atoms with E-state index in [1.165, 1.54) is 12.8 Å². The molecule has 1 fully saturated rings. The monoisotopic (exact) mass is 341 g/mol. The number of aryl methyl sites for hydroxylation is 1. The van der Waals surface area contributed by atoms with Gasteiger partial charge in [0.05, 0.1) is 10.9 Å². The van der Waals surface area contributed by atoms with E-state index in [4.69, 9.17) is 0 Å². The quantitative estimate of drug-likeness (QED) is 0.876. The maximum atomic E-state index is 12.3. The number of hydrogen-bond acceptors (Lipinski definition) is 3. The molecule has 25 heavy (non-hydrogen) atoms. The van der Waals surface area contributed by atoms with Gasteiger partial charge in [-0.15, -0.1) is 0 Å². The number of benzene rings is 1. The number of para-hydroxylation sites is 1. The van der Waals surface area contributed by atoms with Crippen LogP contribution in [-0.2, 0) is 11.2 Å². The van der Waals surface area contributed by atoms with Crippen molar-refractivity contribution in [2.24, 2.45) is 5.92 Å². The second-order valence-electron chi connectivity index (χ2n) is 7.67. The normalized spacial score (nSPS) is 23.5. The molecule has 1 aliphatic carbocycles. The number of rotatable bonds is 5. The smallest absolute Gasteiger partial charge is 0.258 e. The van der Waals surface area contributed by atoms with Crippen molar-refractivity contribution in [2.75, 3.05) is 0 Å². The summed E-state index contributed by atoms with van der Waals surface area (Å²) in [6.07, 6.45) is 6.21. The third-order valence-electron chi connectivity index (χ3n) is 5.30. The summed E-state index contributed by atoms with van der Waals surface area (Å²) in [5, 5.41) is 3.81. The molecule has 0 spiro atoms. The van der Waals surface area contributed by atoms with Gasteiger partial charge < -0.3 is 10.3 Å². The fraction of sp³-hybridized carbons (Fsp3) is 0.550. The highest BCUT2D eigenvalue weighted by molar-refractivity contribution is 5.77. The van der Waals surface area contributed by atoms with Crippen molar-refractivity contribution in [1.29, 1.82) is 0 Å². The van der Waals surface area contributed by atoms with Crippen LogP contribution in [0.1, 0.15) is 58.2 Å². The molecule has 5 nitrogen and oxygen atoms in total. The number of H-pyrrole nitrogens is 1. The van der Waals surface area contributed by atoms with E-state index in [2.05, 4.69) is 29.1 Å². The van der Waals surface area contributed by atoms with Crippen LogP contribution in [0.25, 0.3) is 10.9 Å². The molecular formula is C20H27N3O2. The number of aromatic nitrogens is 2. The lowest BCUT2D eigenvalue weighted by Crippen LogP contribution is -2.48. The number of nitrogens with one attached hydrogen (secondary N) is 2. The maximum absolute atomic E-state index is 12.3. The van der Waals surface area contributed by atoms with Crippen LogP contribution in [0.2, 0.25) is 0 Å². The summed E-state index contributed by atoms with van der Waals surface area (Å²) >= 11 is 0. The molecule has 1 aromatic carbocycles. The Labute approximate surface area is 148 Å². The third-order valence-corrected chi connectivity index (χ3v) is 5.30. The first-order valence-corrected chi connectivity index (χ1v) is 9.24. The molecule has 0 bridgehead atoms. The van der Waals surface area contributed by atoms with E-state index in [0.717, 1.165) is 18.8 Å². The van der Waals surface area contributed by atoms with Gasteiger partial charge in [-0.2, -0.15) is 0 Å². The van der Waals surface area contributed by atoms with Crippen LogP contribution in [0.4, 0.5) is 0 Å². The number of carbonyl (C=O) groups excluding carboxylic acids is 1. The fourth-order valence-corrected chi connectivity index (χ4v) is 3.59. The topological polar surface area (TPSA) is 74.8 Å². The summed E-state index contributed by atoms with van der Waals surface area (Å²) < 4.78 is 0. The largest absolute Gasteiger partial charge is 0.351 e. The first-order chi connectivity index (χ1) is 12.0. The van der Waals surface area contributed by atoms with Gasteiger partial charge in [0.2, 0.25) is 5.91 Å². The Bertz CT molecular complexity index is 804. The fourth-order valence-electron chi connectivity index (χ4n) is 3.59. The minimum absolute atomic E-state index is 0.0564. The van der Waals surface area contributed by atoms with E-state index in [0.29, 0.717) is 36.0 Å². The van der Waals surface area contributed by atoms with Gasteiger partial charge in [0.1, 0.15) is 5.82 Å². The second kappa shape index (κ2) is 7.38. The molecule has 0 saturated heterocycles. The van der Waals surface area contributed by atoms with Crippen LogP contribution in [0.5, 0.6) is 0 Å². The predicted octanol–water partition coefficient (Wildman–Crippen LogP) is 3.33. The zero-order valence-electron chi connectivity index (χ0n) is 15.1. The van der Waals surface area contributed by atoms with Crippen LogP contribution in [-0.4, -0.2) is 21.4 Å². The van der Waals surface area contributed by atoms with E-state index in [1.54, 1.807) is 6.07 Å². The molecule has 2 aromatic rings. The van der Waals surface area contributed by atoms with Gasteiger partial charge in [-0.1, -0.05) is 19.1 Å². The molecule has 3 rings (SSSR count).